The zero-order valence-electron chi connectivity index (χ0n) is 9.98. The van der Waals surface area contributed by atoms with E-state index in [9.17, 15) is 4.79 Å². The van der Waals surface area contributed by atoms with Crippen molar-refractivity contribution in [3.63, 3.8) is 0 Å². The number of thioether (sulfide) groups is 1. The fourth-order valence-electron chi connectivity index (χ4n) is 1.57. The van der Waals surface area contributed by atoms with Gasteiger partial charge in [0.2, 0.25) is 0 Å². The Morgan fingerprint density at radius 1 is 1.28 bits per heavy atom. The lowest BCUT2D eigenvalue weighted by Gasteiger charge is -2.06. The molecule has 5 heteroatoms. The fraction of sp³-hybridized carbons (Fsp3) is 0.154. The SMILES string of the molecule is CSc1ncc(C(=O)c2ccccc2C)c(Cl)n1. The molecule has 2 aromatic rings. The summed E-state index contributed by atoms with van der Waals surface area (Å²) in [4.78, 5) is 20.5. The summed E-state index contributed by atoms with van der Waals surface area (Å²) >= 11 is 7.40. The third kappa shape index (κ3) is 2.54. The van der Waals surface area contributed by atoms with Crippen molar-refractivity contribution in [3.05, 3.63) is 52.3 Å². The summed E-state index contributed by atoms with van der Waals surface area (Å²) in [6, 6.07) is 7.38. The average molecular weight is 279 g/mol. The zero-order valence-corrected chi connectivity index (χ0v) is 11.5. The molecule has 0 saturated carbocycles. The monoisotopic (exact) mass is 278 g/mol. The van der Waals surface area contributed by atoms with Gasteiger partial charge in [-0.15, -0.1) is 0 Å². The molecule has 3 nitrogen and oxygen atoms in total. The van der Waals surface area contributed by atoms with E-state index in [-0.39, 0.29) is 10.9 Å². The number of ketones is 1. The van der Waals surface area contributed by atoms with Crippen LogP contribution in [-0.2, 0) is 0 Å². The molecule has 0 aliphatic rings. The summed E-state index contributed by atoms with van der Waals surface area (Å²) in [5.41, 5.74) is 1.87. The van der Waals surface area contributed by atoms with Crippen LogP contribution in [0.15, 0.2) is 35.6 Å². The molecule has 0 fully saturated rings. The zero-order chi connectivity index (χ0) is 13.1. The minimum Gasteiger partial charge on any atom is -0.288 e. The van der Waals surface area contributed by atoms with Gasteiger partial charge in [-0.25, -0.2) is 9.97 Å². The molecular formula is C13H11ClN2OS. The first-order valence-electron chi connectivity index (χ1n) is 5.30. The highest BCUT2D eigenvalue weighted by Crippen LogP contribution is 2.21. The van der Waals surface area contributed by atoms with Gasteiger partial charge in [0, 0.05) is 11.8 Å². The van der Waals surface area contributed by atoms with Crippen molar-refractivity contribution in [2.75, 3.05) is 6.26 Å². The van der Waals surface area contributed by atoms with Crippen LogP contribution in [0.3, 0.4) is 0 Å². The van der Waals surface area contributed by atoms with Crippen LogP contribution in [0, 0.1) is 6.92 Å². The molecule has 1 aromatic carbocycles. The van der Waals surface area contributed by atoms with Gasteiger partial charge in [0.25, 0.3) is 0 Å². The lowest BCUT2D eigenvalue weighted by atomic mass is 10.0. The molecule has 0 N–H and O–H groups in total. The molecule has 1 aromatic heterocycles. The molecule has 0 unspecified atom stereocenters. The predicted octanol–water partition coefficient (Wildman–Crippen LogP) is 3.39. The van der Waals surface area contributed by atoms with E-state index in [4.69, 9.17) is 11.6 Å². The Kier molecular flexibility index (Phi) is 3.99. The van der Waals surface area contributed by atoms with Crippen LogP contribution in [0.2, 0.25) is 5.15 Å². The van der Waals surface area contributed by atoms with E-state index >= 15 is 0 Å². The third-order valence-electron chi connectivity index (χ3n) is 2.54. The molecular weight excluding hydrogens is 268 g/mol. The first-order chi connectivity index (χ1) is 8.63. The summed E-state index contributed by atoms with van der Waals surface area (Å²) < 4.78 is 0. The first kappa shape index (κ1) is 13.1. The highest BCUT2D eigenvalue weighted by Gasteiger charge is 2.16. The summed E-state index contributed by atoms with van der Waals surface area (Å²) in [7, 11) is 0. The molecule has 0 amide bonds. The summed E-state index contributed by atoms with van der Waals surface area (Å²) in [5.74, 6) is -0.147. The third-order valence-corrected chi connectivity index (χ3v) is 3.39. The van der Waals surface area contributed by atoms with Gasteiger partial charge in [-0.2, -0.15) is 0 Å². The topological polar surface area (TPSA) is 42.9 Å². The van der Waals surface area contributed by atoms with Crippen molar-refractivity contribution >= 4 is 29.1 Å². The number of carbonyl (C=O) groups is 1. The number of hydrogen-bond donors (Lipinski definition) is 0. The second-order valence-electron chi connectivity index (χ2n) is 3.71. The van der Waals surface area contributed by atoms with Crippen molar-refractivity contribution < 1.29 is 4.79 Å². The van der Waals surface area contributed by atoms with E-state index in [0.29, 0.717) is 16.3 Å². The first-order valence-corrected chi connectivity index (χ1v) is 6.90. The van der Waals surface area contributed by atoms with Gasteiger partial charge in [0.05, 0.1) is 5.56 Å². The van der Waals surface area contributed by atoms with Crippen LogP contribution in [0.5, 0.6) is 0 Å². The van der Waals surface area contributed by atoms with E-state index in [1.165, 1.54) is 18.0 Å². The van der Waals surface area contributed by atoms with E-state index in [2.05, 4.69) is 9.97 Å². The Balaban J connectivity index is 2.44. The van der Waals surface area contributed by atoms with Crippen LogP contribution in [0.4, 0.5) is 0 Å². The van der Waals surface area contributed by atoms with E-state index < -0.39 is 0 Å². The maximum Gasteiger partial charge on any atom is 0.197 e. The van der Waals surface area contributed by atoms with Crippen molar-refractivity contribution in [1.82, 2.24) is 9.97 Å². The van der Waals surface area contributed by atoms with Crippen LogP contribution >= 0.6 is 23.4 Å². The van der Waals surface area contributed by atoms with Crippen LogP contribution in [0.1, 0.15) is 21.5 Å². The van der Waals surface area contributed by atoms with Gasteiger partial charge in [0.1, 0.15) is 5.15 Å². The maximum atomic E-state index is 12.3. The smallest absolute Gasteiger partial charge is 0.197 e. The van der Waals surface area contributed by atoms with E-state index in [1.54, 1.807) is 6.07 Å². The summed E-state index contributed by atoms with van der Waals surface area (Å²) in [6.45, 7) is 1.89. The lowest BCUT2D eigenvalue weighted by Crippen LogP contribution is -2.06. The van der Waals surface area contributed by atoms with Crippen molar-refractivity contribution in [2.45, 2.75) is 12.1 Å². The Labute approximate surface area is 115 Å². The van der Waals surface area contributed by atoms with Gasteiger partial charge in [0.15, 0.2) is 10.9 Å². The average Bonchev–Trinajstić information content (AvgIpc) is 2.38. The molecule has 0 radical (unpaired) electrons. The normalized spacial score (nSPS) is 10.4. The molecule has 0 bridgehead atoms. The quantitative estimate of drug-likeness (QED) is 0.374. The Morgan fingerprint density at radius 2 is 2.00 bits per heavy atom. The number of halogens is 1. The van der Waals surface area contributed by atoms with Gasteiger partial charge in [-0.05, 0) is 18.7 Å². The molecule has 92 valence electrons. The lowest BCUT2D eigenvalue weighted by molar-refractivity contribution is 0.103. The number of benzene rings is 1. The second-order valence-corrected chi connectivity index (χ2v) is 4.84. The predicted molar refractivity (Wildman–Crippen MR) is 73.4 cm³/mol. The van der Waals surface area contributed by atoms with Gasteiger partial charge in [-0.1, -0.05) is 47.6 Å². The van der Waals surface area contributed by atoms with Crippen LogP contribution < -0.4 is 0 Å². The highest BCUT2D eigenvalue weighted by molar-refractivity contribution is 7.98. The van der Waals surface area contributed by atoms with Crippen LogP contribution in [0.25, 0.3) is 0 Å². The van der Waals surface area contributed by atoms with E-state index in [0.717, 1.165) is 5.56 Å². The standard InChI is InChI=1S/C13H11ClN2OS/c1-8-5-3-4-6-9(8)11(17)10-7-15-13(18-2)16-12(10)14/h3-7H,1-2H3. The molecule has 0 saturated heterocycles. The highest BCUT2D eigenvalue weighted by atomic mass is 35.5. The maximum absolute atomic E-state index is 12.3. The van der Waals surface area contributed by atoms with Gasteiger partial charge >= 0.3 is 0 Å². The molecule has 0 aliphatic heterocycles. The Bertz CT molecular complexity index is 601. The van der Waals surface area contributed by atoms with Crippen molar-refractivity contribution in [3.8, 4) is 0 Å². The largest absolute Gasteiger partial charge is 0.288 e. The molecule has 18 heavy (non-hydrogen) atoms. The molecule has 2 rings (SSSR count). The number of aryl methyl sites for hydroxylation is 1. The molecule has 0 aliphatic carbocycles. The molecule has 0 atom stereocenters. The Hall–Kier alpha value is -1.39. The number of rotatable bonds is 3. The van der Waals surface area contributed by atoms with Crippen LogP contribution in [-0.4, -0.2) is 22.0 Å². The summed E-state index contributed by atoms with van der Waals surface area (Å²) in [6.07, 6.45) is 3.34. The second kappa shape index (κ2) is 5.50. The Morgan fingerprint density at radius 3 is 2.61 bits per heavy atom. The van der Waals surface area contributed by atoms with Crippen molar-refractivity contribution in [1.29, 1.82) is 0 Å². The van der Waals surface area contributed by atoms with E-state index in [1.807, 2.05) is 31.4 Å². The number of hydrogen-bond acceptors (Lipinski definition) is 4. The molecule has 0 spiro atoms. The van der Waals surface area contributed by atoms with Gasteiger partial charge in [-0.3, -0.25) is 4.79 Å². The number of carbonyl (C=O) groups excluding carboxylic acids is 1. The molecule has 1 heterocycles. The van der Waals surface area contributed by atoms with Gasteiger partial charge < -0.3 is 0 Å². The minimum atomic E-state index is -0.147. The number of aromatic nitrogens is 2. The summed E-state index contributed by atoms with van der Waals surface area (Å²) in [5, 5.41) is 0.754. The minimum absolute atomic E-state index is 0.147. The fourth-order valence-corrected chi connectivity index (χ4v) is 2.17. The van der Waals surface area contributed by atoms with Crippen molar-refractivity contribution in [2.24, 2.45) is 0 Å². The number of nitrogens with zero attached hydrogens (tertiary/aromatic N) is 2.